The van der Waals surface area contributed by atoms with E-state index in [1.165, 1.54) is 21.5 Å². The predicted molar refractivity (Wildman–Crippen MR) is 111 cm³/mol. The van der Waals surface area contributed by atoms with E-state index in [2.05, 4.69) is 95.8 Å². The molecule has 4 rings (SSSR count). The number of fused-ring (bicyclic) bond motifs is 2. The normalized spacial score (nSPS) is 14.4. The van der Waals surface area contributed by atoms with Crippen LogP contribution in [-0.4, -0.2) is 6.54 Å². The smallest absolute Gasteiger partial charge is 0.315 e. The third-order valence-electron chi connectivity index (χ3n) is 4.61. The maximum Gasteiger partial charge on any atom is 0.315 e. The lowest BCUT2D eigenvalue weighted by Crippen LogP contribution is -2.33. The Balaban J connectivity index is 1.70. The van der Waals surface area contributed by atoms with Crippen LogP contribution in [0, 0.1) is 11.8 Å². The van der Waals surface area contributed by atoms with Crippen LogP contribution in [0.15, 0.2) is 66.4 Å². The van der Waals surface area contributed by atoms with E-state index in [0.29, 0.717) is 0 Å². The van der Waals surface area contributed by atoms with Gasteiger partial charge in [0.15, 0.2) is 0 Å². The van der Waals surface area contributed by atoms with E-state index in [0.717, 1.165) is 23.8 Å². The van der Waals surface area contributed by atoms with Gasteiger partial charge in [0.25, 0.3) is 0 Å². The fraction of sp³-hybridized carbons (Fsp3) is 0.174. The van der Waals surface area contributed by atoms with E-state index in [1.807, 2.05) is 6.08 Å². The summed E-state index contributed by atoms with van der Waals surface area (Å²) in [6, 6.07) is 17.0. The Hall–Kier alpha value is -2.83. The summed E-state index contributed by atoms with van der Waals surface area (Å²) in [5, 5.41) is 1.11. The molecule has 3 heteroatoms. The van der Waals surface area contributed by atoms with Crippen LogP contribution >= 0.6 is 11.3 Å². The van der Waals surface area contributed by atoms with Crippen molar-refractivity contribution >= 4 is 33.3 Å². The predicted octanol–water partition coefficient (Wildman–Crippen LogP) is 5.00. The fourth-order valence-electron chi connectivity index (χ4n) is 3.37. The summed E-state index contributed by atoms with van der Waals surface area (Å²) < 4.78 is 3.57. The Kier molecular flexibility index (Phi) is 4.60. The molecular formula is C23H21N2S+. The molecule has 0 radical (unpaired) electrons. The van der Waals surface area contributed by atoms with Crippen molar-refractivity contribution in [3.8, 4) is 11.8 Å². The minimum atomic E-state index is 0.923. The standard InChI is InChI=1S/C23H21N2S/c1-3-24-19(17-16-18-10-5-6-12-20(18)24)11-9-15-23-25(4-2)21-13-7-8-14-22(21)26-23/h5-8,10-14,16-17H,3-4H2,1-2H3/q+1. The monoisotopic (exact) mass is 357 g/mol. The summed E-state index contributed by atoms with van der Waals surface area (Å²) in [6.07, 6.45) is 6.35. The second kappa shape index (κ2) is 7.19. The number of nitrogens with zero attached hydrogens (tertiary/aromatic N) is 2. The van der Waals surface area contributed by atoms with E-state index in [4.69, 9.17) is 0 Å². The molecule has 0 amide bonds. The number of allylic oxidation sites excluding steroid dienone is 2. The Bertz CT molecular complexity index is 1080. The lowest BCUT2D eigenvalue weighted by atomic mass is 10.1. The van der Waals surface area contributed by atoms with Crippen molar-refractivity contribution in [3.63, 3.8) is 0 Å². The van der Waals surface area contributed by atoms with Gasteiger partial charge >= 0.3 is 5.01 Å². The van der Waals surface area contributed by atoms with Gasteiger partial charge in [-0.15, -0.1) is 0 Å². The highest BCUT2D eigenvalue weighted by atomic mass is 32.1. The minimum absolute atomic E-state index is 0.923. The third kappa shape index (κ3) is 2.94. The number of aryl methyl sites for hydroxylation is 1. The molecule has 0 saturated carbocycles. The molecule has 0 fully saturated rings. The lowest BCUT2D eigenvalue weighted by molar-refractivity contribution is -0.665. The van der Waals surface area contributed by atoms with E-state index >= 15 is 0 Å². The summed E-state index contributed by atoms with van der Waals surface area (Å²) in [4.78, 5) is 2.31. The number of anilines is 1. The van der Waals surface area contributed by atoms with Crippen LogP contribution in [0.25, 0.3) is 16.3 Å². The number of benzene rings is 2. The maximum absolute atomic E-state index is 3.36. The van der Waals surface area contributed by atoms with Gasteiger partial charge in [-0.3, -0.25) is 0 Å². The summed E-state index contributed by atoms with van der Waals surface area (Å²) in [7, 11) is 0. The molecule has 0 atom stereocenters. The van der Waals surface area contributed by atoms with Gasteiger partial charge in [0.05, 0.1) is 0 Å². The highest BCUT2D eigenvalue weighted by molar-refractivity contribution is 7.18. The number of rotatable bonds is 2. The van der Waals surface area contributed by atoms with Crippen molar-refractivity contribution in [1.82, 2.24) is 0 Å². The van der Waals surface area contributed by atoms with Crippen molar-refractivity contribution in [1.29, 1.82) is 0 Å². The maximum atomic E-state index is 3.36. The van der Waals surface area contributed by atoms with Crippen molar-refractivity contribution in [2.75, 3.05) is 11.4 Å². The van der Waals surface area contributed by atoms with Gasteiger partial charge in [-0.25, -0.2) is 0 Å². The van der Waals surface area contributed by atoms with Crippen LogP contribution in [0.5, 0.6) is 0 Å². The Morgan fingerprint density at radius 2 is 1.85 bits per heavy atom. The average Bonchev–Trinajstić information content (AvgIpc) is 3.05. The average molecular weight is 358 g/mol. The SMILES string of the molecule is CCN1C(=CC#Cc2sc3ccccc3[n+]2CC)C=Cc2ccccc21. The minimum Gasteiger partial charge on any atom is -0.341 e. The second-order valence-electron chi connectivity index (χ2n) is 6.09. The van der Waals surface area contributed by atoms with Gasteiger partial charge in [-0.05, 0) is 37.6 Å². The molecule has 0 N–H and O–H groups in total. The van der Waals surface area contributed by atoms with Crippen molar-refractivity contribution in [2.45, 2.75) is 20.4 Å². The number of aromatic nitrogens is 1. The van der Waals surface area contributed by atoms with E-state index in [1.54, 1.807) is 11.3 Å². The van der Waals surface area contributed by atoms with Crippen LogP contribution in [0.3, 0.4) is 0 Å². The largest absolute Gasteiger partial charge is 0.341 e. The molecule has 0 bridgehead atoms. The summed E-state index contributed by atoms with van der Waals surface area (Å²) in [5.74, 6) is 6.65. The topological polar surface area (TPSA) is 7.12 Å². The van der Waals surface area contributed by atoms with E-state index < -0.39 is 0 Å². The molecule has 2 nitrogen and oxygen atoms in total. The first-order valence-electron chi connectivity index (χ1n) is 8.99. The molecule has 2 heterocycles. The van der Waals surface area contributed by atoms with Gasteiger partial charge in [0.2, 0.25) is 5.52 Å². The number of para-hydroxylation sites is 2. The zero-order valence-corrected chi connectivity index (χ0v) is 15.9. The molecule has 0 spiro atoms. The highest BCUT2D eigenvalue weighted by Crippen LogP contribution is 2.30. The van der Waals surface area contributed by atoms with Crippen LogP contribution in [0.2, 0.25) is 0 Å². The summed E-state index contributed by atoms with van der Waals surface area (Å²) >= 11 is 1.76. The Morgan fingerprint density at radius 3 is 2.69 bits per heavy atom. The molecule has 1 aliphatic rings. The summed E-state index contributed by atoms with van der Waals surface area (Å²) in [5.41, 5.74) is 4.91. The third-order valence-corrected chi connectivity index (χ3v) is 5.69. The number of thiazole rings is 1. The van der Waals surface area contributed by atoms with Crippen molar-refractivity contribution in [2.24, 2.45) is 0 Å². The molecule has 3 aromatic rings. The van der Waals surface area contributed by atoms with E-state index in [9.17, 15) is 0 Å². The quantitative estimate of drug-likeness (QED) is 0.462. The first-order valence-corrected chi connectivity index (χ1v) is 9.81. The van der Waals surface area contributed by atoms with Crippen molar-refractivity contribution in [3.05, 3.63) is 77.0 Å². The number of hydrogen-bond donors (Lipinski definition) is 0. The van der Waals surface area contributed by atoms with Crippen LogP contribution in [0.1, 0.15) is 24.4 Å². The van der Waals surface area contributed by atoms with Gasteiger partial charge < -0.3 is 4.90 Å². The van der Waals surface area contributed by atoms with Gasteiger partial charge in [0, 0.05) is 36.0 Å². The van der Waals surface area contributed by atoms with Crippen molar-refractivity contribution < 1.29 is 4.57 Å². The number of likely N-dealkylation sites (N-methyl/N-ethyl adjacent to an activating group) is 1. The molecule has 0 unspecified atom stereocenters. The molecule has 2 aromatic carbocycles. The molecule has 128 valence electrons. The molecular weight excluding hydrogens is 336 g/mol. The Morgan fingerprint density at radius 1 is 1.04 bits per heavy atom. The van der Waals surface area contributed by atoms with Crippen LogP contribution < -0.4 is 9.47 Å². The van der Waals surface area contributed by atoms with Gasteiger partial charge in [-0.2, -0.15) is 4.57 Å². The number of hydrogen-bond acceptors (Lipinski definition) is 2. The molecule has 1 aliphatic heterocycles. The Labute approximate surface area is 158 Å². The first kappa shape index (κ1) is 16.6. The molecule has 26 heavy (non-hydrogen) atoms. The zero-order valence-electron chi connectivity index (χ0n) is 15.1. The van der Waals surface area contributed by atoms with Gasteiger partial charge in [-0.1, -0.05) is 53.7 Å². The fourth-order valence-corrected chi connectivity index (χ4v) is 4.46. The lowest BCUT2D eigenvalue weighted by Gasteiger charge is -2.28. The second-order valence-corrected chi connectivity index (χ2v) is 7.12. The van der Waals surface area contributed by atoms with Crippen LogP contribution in [0.4, 0.5) is 5.69 Å². The molecule has 1 aromatic heterocycles. The highest BCUT2D eigenvalue weighted by Gasteiger charge is 2.17. The zero-order chi connectivity index (χ0) is 17.9. The molecule has 0 aliphatic carbocycles. The van der Waals surface area contributed by atoms with Gasteiger partial charge in [0.1, 0.15) is 11.2 Å². The molecule has 0 saturated heterocycles. The summed E-state index contributed by atoms with van der Waals surface area (Å²) in [6.45, 7) is 6.20. The van der Waals surface area contributed by atoms with Crippen LogP contribution in [-0.2, 0) is 6.54 Å². The first-order chi connectivity index (χ1) is 12.8. The van der Waals surface area contributed by atoms with E-state index in [-0.39, 0.29) is 0 Å².